The number of hydrogen-bond acceptors (Lipinski definition) is 6. The highest BCUT2D eigenvalue weighted by molar-refractivity contribution is 7.53. The summed E-state index contributed by atoms with van der Waals surface area (Å²) in [7, 11) is -0.400. The van der Waals surface area contributed by atoms with Gasteiger partial charge in [0.1, 0.15) is 5.69 Å². The van der Waals surface area contributed by atoms with E-state index in [2.05, 4.69) is 10.3 Å². The first-order chi connectivity index (χ1) is 8.99. The van der Waals surface area contributed by atoms with Crippen molar-refractivity contribution in [3.63, 3.8) is 0 Å². The summed E-state index contributed by atoms with van der Waals surface area (Å²) in [5, 5.41) is 3.06. The van der Waals surface area contributed by atoms with Crippen LogP contribution in [0, 0.1) is 0 Å². The topological polar surface area (TPSA) is 108 Å². The Labute approximate surface area is 110 Å². The number of anilines is 1. The zero-order valence-electron chi connectivity index (χ0n) is 10.8. The molecule has 0 fully saturated rings. The number of fused-ring (bicyclic) bond motifs is 1. The van der Waals surface area contributed by atoms with Crippen LogP contribution in [0.2, 0.25) is 0 Å². The summed E-state index contributed by atoms with van der Waals surface area (Å²) in [5.41, 5.74) is 5.38. The van der Waals surface area contributed by atoms with Crippen LogP contribution in [0.1, 0.15) is 23.0 Å². The van der Waals surface area contributed by atoms with Crippen LogP contribution in [0.5, 0.6) is 0 Å². The van der Waals surface area contributed by atoms with E-state index in [-0.39, 0.29) is 17.9 Å². The molecule has 0 radical (unpaired) electrons. The van der Waals surface area contributed by atoms with Crippen molar-refractivity contribution in [3.8, 4) is 0 Å². The average molecular weight is 288 g/mol. The number of nitrogens with one attached hydrogen (secondary N) is 1. The van der Waals surface area contributed by atoms with Crippen molar-refractivity contribution in [2.24, 2.45) is 5.73 Å². The molecule has 1 amide bonds. The highest BCUT2D eigenvalue weighted by Crippen LogP contribution is 2.50. The van der Waals surface area contributed by atoms with Crippen molar-refractivity contribution < 1.29 is 18.4 Å². The molecule has 0 saturated carbocycles. The highest BCUT2D eigenvalue weighted by Gasteiger charge is 2.31. The molecule has 2 rings (SSSR count). The van der Waals surface area contributed by atoms with Crippen molar-refractivity contribution >= 4 is 19.5 Å². The lowest BCUT2D eigenvalue weighted by Crippen LogP contribution is -2.25. The summed E-state index contributed by atoms with van der Waals surface area (Å²) in [5.74, 6) is -0.0482. The Kier molecular flexibility index (Phi) is 3.93. The Hall–Kier alpha value is -1.37. The quantitative estimate of drug-likeness (QED) is 0.777. The Bertz CT molecular complexity index is 522. The minimum atomic E-state index is -3.11. The predicted octanol–water partition coefficient (Wildman–Crippen LogP) is 0.825. The van der Waals surface area contributed by atoms with Gasteiger partial charge in [0.25, 0.3) is 5.91 Å². The highest BCUT2D eigenvalue weighted by atomic mass is 31.2. The van der Waals surface area contributed by atoms with E-state index in [9.17, 15) is 9.36 Å². The monoisotopic (exact) mass is 288 g/mol. The number of hydrogen-bond donors (Lipinski definition) is 2. The van der Waals surface area contributed by atoms with E-state index in [1.807, 2.05) is 0 Å². The normalized spacial score (nSPS) is 18.7. The second-order valence-electron chi connectivity index (χ2n) is 4.25. The number of aromatic nitrogens is 2. The molecule has 8 nitrogen and oxygen atoms in total. The van der Waals surface area contributed by atoms with E-state index in [1.54, 1.807) is 10.8 Å². The summed E-state index contributed by atoms with van der Waals surface area (Å²) in [6, 6.07) is -0.109. The molecule has 0 unspecified atom stereocenters. The lowest BCUT2D eigenvalue weighted by molar-refractivity contribution is 0.0996. The van der Waals surface area contributed by atoms with Crippen molar-refractivity contribution in [3.05, 3.63) is 11.9 Å². The number of nitrogens with two attached hydrogens (primary N) is 1. The Morgan fingerprint density at radius 1 is 1.63 bits per heavy atom. The first kappa shape index (κ1) is 14.0. The Morgan fingerprint density at radius 2 is 2.32 bits per heavy atom. The Morgan fingerprint density at radius 3 is 2.89 bits per heavy atom. The molecule has 1 atom stereocenters. The lowest BCUT2D eigenvalue weighted by Gasteiger charge is -2.27. The van der Waals surface area contributed by atoms with Gasteiger partial charge in [0.15, 0.2) is 0 Å². The minimum Gasteiger partial charge on any atom is -0.364 e. The van der Waals surface area contributed by atoms with Gasteiger partial charge in [-0.2, -0.15) is 0 Å². The molecule has 106 valence electrons. The minimum absolute atomic E-state index is 0.109. The van der Waals surface area contributed by atoms with Crippen LogP contribution in [-0.2, 0) is 13.6 Å². The van der Waals surface area contributed by atoms with Crippen LogP contribution in [0.3, 0.4) is 0 Å². The summed E-state index contributed by atoms with van der Waals surface area (Å²) >= 11 is 0. The molecule has 0 spiro atoms. The number of imidazole rings is 1. The van der Waals surface area contributed by atoms with Gasteiger partial charge < -0.3 is 24.7 Å². The fourth-order valence-electron chi connectivity index (χ4n) is 2.07. The molecule has 3 N–H and O–H groups in total. The van der Waals surface area contributed by atoms with E-state index in [4.69, 9.17) is 14.8 Å². The van der Waals surface area contributed by atoms with Crippen LogP contribution in [-0.4, -0.2) is 42.4 Å². The van der Waals surface area contributed by atoms with Crippen LogP contribution in [0.15, 0.2) is 6.20 Å². The molecule has 2 heterocycles. The second kappa shape index (κ2) is 5.32. The summed E-state index contributed by atoms with van der Waals surface area (Å²) < 4.78 is 23.8. The van der Waals surface area contributed by atoms with Gasteiger partial charge in [0.2, 0.25) is 5.95 Å². The number of amides is 1. The number of carbonyl (C=O) groups is 1. The molecule has 1 aliphatic heterocycles. The fraction of sp³-hybridized carbons (Fsp3) is 0.600. The van der Waals surface area contributed by atoms with Crippen LogP contribution in [0.4, 0.5) is 5.95 Å². The fourth-order valence-corrected chi connectivity index (χ4v) is 3.39. The van der Waals surface area contributed by atoms with Crippen LogP contribution < -0.4 is 11.1 Å². The van der Waals surface area contributed by atoms with E-state index in [1.165, 1.54) is 14.2 Å². The molecule has 1 aliphatic rings. The Balaban J connectivity index is 2.27. The third-order valence-electron chi connectivity index (χ3n) is 3.13. The maximum atomic E-state index is 12.2. The van der Waals surface area contributed by atoms with Gasteiger partial charge in [-0.3, -0.25) is 9.36 Å². The molecule has 19 heavy (non-hydrogen) atoms. The van der Waals surface area contributed by atoms with Crippen LogP contribution in [0.25, 0.3) is 0 Å². The standard InChI is InChI=1S/C10H17N4O4P/c1-17-19(16,18-2)6-7-3-4-12-10-13-8(9(11)15)5-14(7)10/h5,7H,3-4,6H2,1-2H3,(H2,11,15)(H,12,13)/t7-/m0/s1. The third kappa shape index (κ3) is 2.80. The second-order valence-corrected chi connectivity index (χ2v) is 6.57. The smallest absolute Gasteiger partial charge is 0.332 e. The predicted molar refractivity (Wildman–Crippen MR) is 69.4 cm³/mol. The van der Waals surface area contributed by atoms with Crippen molar-refractivity contribution in [1.82, 2.24) is 9.55 Å². The van der Waals surface area contributed by atoms with E-state index in [0.29, 0.717) is 12.5 Å². The summed E-state index contributed by atoms with van der Waals surface area (Å²) in [6.45, 7) is 0.674. The molecule has 0 bridgehead atoms. The largest absolute Gasteiger partial charge is 0.364 e. The summed E-state index contributed by atoms with van der Waals surface area (Å²) in [6.07, 6.45) is 2.52. The van der Waals surface area contributed by atoms with E-state index < -0.39 is 13.5 Å². The molecule has 9 heteroatoms. The number of carbonyl (C=O) groups excluding carboxylic acids is 1. The average Bonchev–Trinajstić information content (AvgIpc) is 2.84. The van der Waals surface area contributed by atoms with Crippen molar-refractivity contribution in [2.45, 2.75) is 12.5 Å². The maximum Gasteiger partial charge on any atom is 0.332 e. The number of rotatable bonds is 5. The van der Waals surface area contributed by atoms with Gasteiger partial charge in [-0.25, -0.2) is 4.98 Å². The van der Waals surface area contributed by atoms with Gasteiger partial charge >= 0.3 is 7.60 Å². The molecule has 0 saturated heterocycles. The van der Waals surface area contributed by atoms with Gasteiger partial charge in [-0.05, 0) is 6.42 Å². The SMILES string of the molecule is COP(=O)(C[C@@H]1CCNc2nc(C(N)=O)cn21)OC. The zero-order valence-corrected chi connectivity index (χ0v) is 11.7. The van der Waals surface area contributed by atoms with Crippen LogP contribution >= 0.6 is 7.60 Å². The molecule has 1 aromatic heterocycles. The molecular formula is C10H17N4O4P. The first-order valence-electron chi connectivity index (χ1n) is 5.82. The number of primary amides is 1. The number of nitrogens with zero attached hydrogens (tertiary/aromatic N) is 2. The third-order valence-corrected chi connectivity index (χ3v) is 5.11. The molecule has 0 aliphatic carbocycles. The maximum absolute atomic E-state index is 12.2. The van der Waals surface area contributed by atoms with Gasteiger partial charge in [0.05, 0.1) is 6.16 Å². The first-order valence-corrected chi connectivity index (χ1v) is 7.55. The van der Waals surface area contributed by atoms with E-state index >= 15 is 0 Å². The van der Waals surface area contributed by atoms with Crippen molar-refractivity contribution in [1.29, 1.82) is 0 Å². The van der Waals surface area contributed by atoms with Gasteiger partial charge in [-0.1, -0.05) is 0 Å². The molecule has 1 aromatic rings. The molecule has 0 aromatic carbocycles. The zero-order chi connectivity index (χ0) is 14.0. The van der Waals surface area contributed by atoms with Gasteiger partial charge in [0, 0.05) is 33.0 Å². The van der Waals surface area contributed by atoms with Gasteiger partial charge in [-0.15, -0.1) is 0 Å². The van der Waals surface area contributed by atoms with Crippen molar-refractivity contribution in [2.75, 3.05) is 32.2 Å². The lowest BCUT2D eigenvalue weighted by atomic mass is 10.2. The van der Waals surface area contributed by atoms with E-state index in [0.717, 1.165) is 6.42 Å². The molecular weight excluding hydrogens is 271 g/mol. The summed E-state index contributed by atoms with van der Waals surface area (Å²) in [4.78, 5) is 15.2.